The Morgan fingerprint density at radius 2 is 1.48 bits per heavy atom. The van der Waals surface area contributed by atoms with E-state index in [-0.39, 0.29) is 12.1 Å². The van der Waals surface area contributed by atoms with Crippen LogP contribution in [-0.2, 0) is 10.1 Å². The Morgan fingerprint density at radius 1 is 0.957 bits per heavy atom. The third kappa shape index (κ3) is 3.60. The smallest absolute Gasteiger partial charge is 0.314 e. The summed E-state index contributed by atoms with van der Waals surface area (Å²) in [5.41, 5.74) is 2.02. The van der Waals surface area contributed by atoms with Gasteiger partial charge in [-0.05, 0) is 11.1 Å². The minimum Gasteiger partial charge on any atom is -0.345 e. The zero-order valence-corrected chi connectivity index (χ0v) is 13.3. The van der Waals surface area contributed by atoms with Crippen LogP contribution in [0.2, 0.25) is 0 Å². The molecule has 3 aromatic rings. The van der Waals surface area contributed by atoms with Crippen molar-refractivity contribution in [3.63, 3.8) is 0 Å². The molecule has 1 heterocycles. The van der Waals surface area contributed by atoms with Gasteiger partial charge in [0, 0.05) is 12.4 Å². The average Bonchev–Trinajstić information content (AvgIpc) is 2.96. The Labute approximate surface area is 135 Å². The Bertz CT molecular complexity index is 835. The maximum absolute atomic E-state index is 11.5. The molecule has 6 heteroatoms. The second kappa shape index (κ2) is 6.26. The molecule has 0 bridgehead atoms. The highest BCUT2D eigenvalue weighted by Crippen LogP contribution is 2.30. The number of benzene rings is 2. The van der Waals surface area contributed by atoms with Gasteiger partial charge in [0.25, 0.3) is 0 Å². The molecule has 0 saturated carbocycles. The Morgan fingerprint density at radius 3 is 1.96 bits per heavy atom. The average molecular weight is 328 g/mol. The van der Waals surface area contributed by atoms with Crippen LogP contribution in [0.4, 0.5) is 0 Å². The molecule has 0 unspecified atom stereocenters. The summed E-state index contributed by atoms with van der Waals surface area (Å²) in [6, 6.07) is 19.4. The maximum Gasteiger partial charge on any atom is 0.314 e. The van der Waals surface area contributed by atoms with Gasteiger partial charge in [0.05, 0.1) is 12.3 Å². The van der Waals surface area contributed by atoms with Crippen molar-refractivity contribution in [2.75, 3.05) is 6.26 Å². The molecule has 118 valence electrons. The highest BCUT2D eigenvalue weighted by molar-refractivity contribution is 7.86. The normalized spacial score (nSPS) is 11.6. The predicted octanol–water partition coefficient (Wildman–Crippen LogP) is 2.86. The van der Waals surface area contributed by atoms with E-state index in [0.717, 1.165) is 17.4 Å². The molecule has 0 amide bonds. The summed E-state index contributed by atoms with van der Waals surface area (Å²) in [7, 11) is -3.65. The summed E-state index contributed by atoms with van der Waals surface area (Å²) in [5.74, 6) is 0. The van der Waals surface area contributed by atoms with Gasteiger partial charge in [-0.3, -0.25) is 4.57 Å². The second-order valence-corrected chi connectivity index (χ2v) is 6.70. The van der Waals surface area contributed by atoms with E-state index in [9.17, 15) is 8.42 Å². The van der Waals surface area contributed by atoms with Crippen LogP contribution in [0, 0.1) is 0 Å². The van der Waals surface area contributed by atoms with Crippen molar-refractivity contribution in [1.82, 2.24) is 9.55 Å². The number of rotatable bonds is 5. The third-order valence-corrected chi connectivity index (χ3v) is 3.82. The van der Waals surface area contributed by atoms with Crippen molar-refractivity contribution in [2.45, 2.75) is 6.04 Å². The summed E-state index contributed by atoms with van der Waals surface area (Å²) in [5, 5.41) is 0. The molecule has 0 aliphatic rings. The van der Waals surface area contributed by atoms with Gasteiger partial charge < -0.3 is 4.18 Å². The first kappa shape index (κ1) is 15.3. The van der Waals surface area contributed by atoms with Crippen LogP contribution in [0.3, 0.4) is 0 Å². The first-order chi connectivity index (χ1) is 11.0. The van der Waals surface area contributed by atoms with Crippen LogP contribution in [0.1, 0.15) is 17.2 Å². The van der Waals surface area contributed by atoms with E-state index in [0.29, 0.717) is 0 Å². The molecule has 0 aliphatic carbocycles. The lowest BCUT2D eigenvalue weighted by molar-refractivity contribution is 0.443. The van der Waals surface area contributed by atoms with Crippen molar-refractivity contribution >= 4 is 10.1 Å². The topological polar surface area (TPSA) is 61.2 Å². The molecule has 0 saturated heterocycles. The summed E-state index contributed by atoms with van der Waals surface area (Å²) in [6.45, 7) is 0. The molecule has 0 spiro atoms. The minimum atomic E-state index is -3.65. The quantitative estimate of drug-likeness (QED) is 0.676. The predicted molar refractivity (Wildman–Crippen MR) is 87.8 cm³/mol. The zero-order valence-electron chi connectivity index (χ0n) is 12.5. The number of nitrogens with zero attached hydrogens (tertiary/aromatic N) is 2. The fraction of sp³-hybridized carbons (Fsp3) is 0.118. The Kier molecular flexibility index (Phi) is 4.16. The van der Waals surface area contributed by atoms with Gasteiger partial charge in [-0.2, -0.15) is 8.42 Å². The van der Waals surface area contributed by atoms with Crippen LogP contribution in [0.25, 0.3) is 0 Å². The molecule has 0 atom stereocenters. The van der Waals surface area contributed by atoms with E-state index < -0.39 is 10.1 Å². The summed E-state index contributed by atoms with van der Waals surface area (Å²) >= 11 is 0. The molecular weight excluding hydrogens is 312 g/mol. The van der Waals surface area contributed by atoms with Crippen LogP contribution in [0.15, 0.2) is 73.1 Å². The van der Waals surface area contributed by atoms with Crippen LogP contribution in [-0.4, -0.2) is 24.2 Å². The van der Waals surface area contributed by atoms with Crippen molar-refractivity contribution < 1.29 is 12.6 Å². The lowest BCUT2D eigenvalue weighted by Crippen LogP contribution is -2.16. The molecule has 1 aromatic heterocycles. The van der Waals surface area contributed by atoms with E-state index in [1.54, 1.807) is 10.8 Å². The van der Waals surface area contributed by atoms with Crippen molar-refractivity contribution in [2.24, 2.45) is 0 Å². The number of imidazole rings is 1. The minimum absolute atomic E-state index is 0.0465. The van der Waals surface area contributed by atoms with Gasteiger partial charge in [0.2, 0.25) is 0 Å². The molecule has 0 aliphatic heterocycles. The molecule has 0 fully saturated rings. The van der Waals surface area contributed by atoms with Crippen LogP contribution in [0.5, 0.6) is 6.01 Å². The number of hydrogen-bond acceptors (Lipinski definition) is 4. The summed E-state index contributed by atoms with van der Waals surface area (Å²) in [4.78, 5) is 4.04. The molecule has 2 aromatic carbocycles. The monoisotopic (exact) mass is 328 g/mol. The lowest BCUT2D eigenvalue weighted by atomic mass is 9.98. The molecule has 23 heavy (non-hydrogen) atoms. The first-order valence-corrected chi connectivity index (χ1v) is 8.88. The van der Waals surface area contributed by atoms with Crippen LogP contribution < -0.4 is 4.18 Å². The third-order valence-electron chi connectivity index (χ3n) is 3.37. The first-order valence-electron chi connectivity index (χ1n) is 7.07. The van der Waals surface area contributed by atoms with E-state index in [4.69, 9.17) is 4.18 Å². The standard InChI is InChI=1S/C17H16N2O3S/c1-23(20,21)22-17-18-12-13-19(17)16(14-8-4-2-5-9-14)15-10-6-3-7-11-15/h2-13,16H,1H3. The molecular formula is C17H16N2O3S. The molecule has 3 rings (SSSR count). The summed E-state index contributed by atoms with van der Waals surface area (Å²) in [6.07, 6.45) is 4.25. The van der Waals surface area contributed by atoms with Gasteiger partial charge in [-0.25, -0.2) is 4.98 Å². The Balaban J connectivity index is 2.13. The van der Waals surface area contributed by atoms with Gasteiger partial charge >= 0.3 is 16.1 Å². The van der Waals surface area contributed by atoms with Gasteiger partial charge in [-0.15, -0.1) is 0 Å². The van der Waals surface area contributed by atoms with Crippen molar-refractivity contribution in [3.8, 4) is 6.01 Å². The van der Waals surface area contributed by atoms with E-state index in [1.165, 1.54) is 6.20 Å². The van der Waals surface area contributed by atoms with Crippen LogP contribution >= 0.6 is 0 Å². The maximum atomic E-state index is 11.5. The van der Waals surface area contributed by atoms with Crippen molar-refractivity contribution in [3.05, 3.63) is 84.2 Å². The number of aromatic nitrogens is 2. The number of hydrogen-bond donors (Lipinski definition) is 0. The van der Waals surface area contributed by atoms with E-state index >= 15 is 0 Å². The lowest BCUT2D eigenvalue weighted by Gasteiger charge is -2.21. The van der Waals surface area contributed by atoms with Gasteiger partial charge in [0.1, 0.15) is 0 Å². The fourth-order valence-electron chi connectivity index (χ4n) is 2.48. The molecule has 5 nitrogen and oxygen atoms in total. The molecule has 0 radical (unpaired) electrons. The highest BCUT2D eigenvalue weighted by Gasteiger charge is 2.21. The van der Waals surface area contributed by atoms with E-state index in [2.05, 4.69) is 4.98 Å². The second-order valence-electron chi connectivity index (χ2n) is 5.13. The Hall–Kier alpha value is -2.60. The van der Waals surface area contributed by atoms with Crippen molar-refractivity contribution in [1.29, 1.82) is 0 Å². The van der Waals surface area contributed by atoms with Gasteiger partial charge in [-0.1, -0.05) is 60.7 Å². The highest BCUT2D eigenvalue weighted by atomic mass is 32.2. The van der Waals surface area contributed by atoms with Gasteiger partial charge in [0.15, 0.2) is 0 Å². The SMILES string of the molecule is CS(=O)(=O)Oc1nccn1C(c1ccccc1)c1ccccc1. The molecule has 0 N–H and O–H groups in total. The zero-order chi connectivity index (χ0) is 16.3. The van der Waals surface area contributed by atoms with E-state index in [1.807, 2.05) is 60.7 Å². The fourth-order valence-corrected chi connectivity index (χ4v) is 2.88. The largest absolute Gasteiger partial charge is 0.345 e. The summed E-state index contributed by atoms with van der Waals surface area (Å²) < 4.78 is 29.7.